The third-order valence-electron chi connectivity index (χ3n) is 5.50. The minimum atomic E-state index is -0.307. The SMILES string of the molecule is CC(C(=O)N1c2ccc(Cl)cc2NC(=O)c2ccccc21)N1CCN(C)CC1.Cl.Cl. The number of anilines is 3. The number of hydrogen-bond acceptors (Lipinski definition) is 4. The van der Waals surface area contributed by atoms with Crippen LogP contribution >= 0.6 is 36.4 Å². The zero-order valence-corrected chi connectivity index (χ0v) is 19.2. The summed E-state index contributed by atoms with van der Waals surface area (Å²) in [6.45, 7) is 5.47. The molecule has 30 heavy (non-hydrogen) atoms. The van der Waals surface area contributed by atoms with Crippen molar-refractivity contribution in [1.29, 1.82) is 0 Å². The standard InChI is InChI=1S/C21H23ClN4O2.2ClH/c1-14(25-11-9-24(2)10-12-25)21(28)26-18-6-4-3-5-16(18)20(27)23-17-13-15(22)7-8-19(17)26;;/h3-8,13-14H,9-12H2,1-2H3,(H,23,27);2*1H. The number of nitrogens with one attached hydrogen (secondary N) is 1. The number of para-hydroxylation sites is 1. The quantitative estimate of drug-likeness (QED) is 0.718. The molecule has 2 aliphatic rings. The highest BCUT2D eigenvalue weighted by Crippen LogP contribution is 2.39. The number of fused-ring (bicyclic) bond motifs is 2. The van der Waals surface area contributed by atoms with E-state index in [0.29, 0.717) is 27.6 Å². The number of amides is 2. The van der Waals surface area contributed by atoms with Crippen LogP contribution in [0.2, 0.25) is 5.02 Å². The number of hydrogen-bond donors (Lipinski definition) is 1. The van der Waals surface area contributed by atoms with Crippen molar-refractivity contribution in [3.63, 3.8) is 0 Å². The van der Waals surface area contributed by atoms with Gasteiger partial charge < -0.3 is 10.2 Å². The zero-order valence-electron chi connectivity index (χ0n) is 16.8. The van der Waals surface area contributed by atoms with E-state index in [9.17, 15) is 9.59 Å². The van der Waals surface area contributed by atoms with E-state index in [1.54, 1.807) is 35.2 Å². The summed E-state index contributed by atoms with van der Waals surface area (Å²) in [7, 11) is 2.09. The maximum atomic E-state index is 13.6. The average Bonchev–Trinajstić information content (AvgIpc) is 2.81. The molecule has 2 amide bonds. The van der Waals surface area contributed by atoms with Crippen molar-refractivity contribution >= 4 is 65.3 Å². The fraction of sp³-hybridized carbons (Fsp3) is 0.333. The molecule has 1 saturated heterocycles. The van der Waals surface area contributed by atoms with E-state index >= 15 is 0 Å². The number of nitrogens with zero attached hydrogens (tertiary/aromatic N) is 3. The number of piperazine rings is 1. The Morgan fingerprint density at radius 3 is 2.40 bits per heavy atom. The average molecular weight is 472 g/mol. The molecule has 6 nitrogen and oxygen atoms in total. The van der Waals surface area contributed by atoms with Crippen molar-refractivity contribution in [2.75, 3.05) is 43.4 Å². The van der Waals surface area contributed by atoms with Gasteiger partial charge >= 0.3 is 0 Å². The highest BCUT2D eigenvalue weighted by Gasteiger charge is 2.34. The van der Waals surface area contributed by atoms with Crippen molar-refractivity contribution in [2.24, 2.45) is 0 Å². The molecule has 9 heteroatoms. The summed E-state index contributed by atoms with van der Waals surface area (Å²) in [4.78, 5) is 32.5. The summed E-state index contributed by atoms with van der Waals surface area (Å²) < 4.78 is 0. The normalized spacial score (nSPS) is 17.4. The van der Waals surface area contributed by atoms with Crippen LogP contribution in [0, 0.1) is 0 Å². The molecule has 0 radical (unpaired) electrons. The number of rotatable bonds is 2. The van der Waals surface area contributed by atoms with E-state index in [-0.39, 0.29) is 42.7 Å². The Morgan fingerprint density at radius 1 is 1.03 bits per heavy atom. The number of benzene rings is 2. The second kappa shape index (κ2) is 9.98. The summed E-state index contributed by atoms with van der Waals surface area (Å²) in [5.41, 5.74) is 2.22. The Hall–Kier alpha value is -1.83. The number of halogens is 3. The van der Waals surface area contributed by atoms with Crippen molar-refractivity contribution < 1.29 is 9.59 Å². The smallest absolute Gasteiger partial charge is 0.257 e. The molecule has 0 aromatic heterocycles. The van der Waals surface area contributed by atoms with Crippen molar-refractivity contribution in [3.8, 4) is 0 Å². The Kier molecular flexibility index (Phi) is 8.13. The van der Waals surface area contributed by atoms with E-state index in [2.05, 4.69) is 22.2 Å². The summed E-state index contributed by atoms with van der Waals surface area (Å²) in [6.07, 6.45) is 0. The van der Waals surface area contributed by atoms with Crippen LogP contribution in [0.15, 0.2) is 42.5 Å². The number of likely N-dealkylation sites (N-methyl/N-ethyl adjacent to an activating group) is 1. The predicted octanol–water partition coefficient (Wildman–Crippen LogP) is 4.05. The van der Waals surface area contributed by atoms with E-state index in [1.807, 2.05) is 19.1 Å². The predicted molar refractivity (Wildman–Crippen MR) is 126 cm³/mol. The lowest BCUT2D eigenvalue weighted by atomic mass is 10.1. The lowest BCUT2D eigenvalue weighted by molar-refractivity contribution is -0.123. The lowest BCUT2D eigenvalue weighted by Crippen LogP contribution is -2.53. The highest BCUT2D eigenvalue weighted by molar-refractivity contribution is 6.31. The Balaban J connectivity index is 0.00000160. The minimum absolute atomic E-state index is 0. The van der Waals surface area contributed by atoms with Gasteiger partial charge in [-0.05, 0) is 44.3 Å². The molecule has 162 valence electrons. The van der Waals surface area contributed by atoms with E-state index in [0.717, 1.165) is 26.2 Å². The van der Waals surface area contributed by atoms with Crippen LogP contribution in [0.25, 0.3) is 0 Å². The maximum absolute atomic E-state index is 13.6. The van der Waals surface area contributed by atoms with Crippen LogP contribution in [0.5, 0.6) is 0 Å². The van der Waals surface area contributed by atoms with Gasteiger partial charge in [0, 0.05) is 31.2 Å². The van der Waals surface area contributed by atoms with E-state index < -0.39 is 0 Å². The summed E-state index contributed by atoms with van der Waals surface area (Å²) in [5, 5.41) is 3.40. The van der Waals surface area contributed by atoms with Crippen molar-refractivity contribution in [3.05, 3.63) is 53.1 Å². The van der Waals surface area contributed by atoms with Crippen molar-refractivity contribution in [1.82, 2.24) is 9.80 Å². The van der Waals surface area contributed by atoms with E-state index in [4.69, 9.17) is 11.6 Å². The minimum Gasteiger partial charge on any atom is -0.320 e. The fourth-order valence-electron chi connectivity index (χ4n) is 3.77. The third kappa shape index (κ3) is 4.58. The van der Waals surface area contributed by atoms with Crippen LogP contribution in [0.4, 0.5) is 17.1 Å². The molecule has 0 saturated carbocycles. The maximum Gasteiger partial charge on any atom is 0.257 e. The van der Waals surface area contributed by atoms with Crippen LogP contribution < -0.4 is 10.2 Å². The van der Waals surface area contributed by atoms with Crippen LogP contribution in [-0.4, -0.2) is 60.9 Å². The van der Waals surface area contributed by atoms with Crippen LogP contribution in [0.1, 0.15) is 17.3 Å². The number of carbonyl (C=O) groups is 2. The molecule has 1 fully saturated rings. The van der Waals surface area contributed by atoms with Gasteiger partial charge in [0.1, 0.15) is 0 Å². The molecule has 0 spiro atoms. The zero-order chi connectivity index (χ0) is 19.8. The monoisotopic (exact) mass is 470 g/mol. The summed E-state index contributed by atoms with van der Waals surface area (Å²) >= 11 is 6.15. The summed E-state index contributed by atoms with van der Waals surface area (Å²) in [6, 6.07) is 12.1. The molecule has 2 heterocycles. The Labute approximate surface area is 194 Å². The van der Waals surface area contributed by atoms with Gasteiger partial charge in [-0.1, -0.05) is 23.7 Å². The molecule has 1 unspecified atom stereocenters. The van der Waals surface area contributed by atoms with Gasteiger partial charge in [-0.2, -0.15) is 0 Å². The molecule has 1 N–H and O–H groups in total. The first-order chi connectivity index (χ1) is 13.5. The molecular weight excluding hydrogens is 447 g/mol. The topological polar surface area (TPSA) is 55.9 Å². The van der Waals surface area contributed by atoms with E-state index in [1.165, 1.54) is 0 Å². The second-order valence-corrected chi connectivity index (χ2v) is 7.76. The highest BCUT2D eigenvalue weighted by atomic mass is 35.5. The largest absolute Gasteiger partial charge is 0.320 e. The third-order valence-corrected chi connectivity index (χ3v) is 5.74. The molecule has 1 atom stereocenters. The van der Waals surface area contributed by atoms with Gasteiger partial charge in [0.25, 0.3) is 5.91 Å². The van der Waals surface area contributed by atoms with Gasteiger partial charge in [0.15, 0.2) is 0 Å². The molecule has 0 bridgehead atoms. The van der Waals surface area contributed by atoms with Crippen LogP contribution in [-0.2, 0) is 4.79 Å². The van der Waals surface area contributed by atoms with Gasteiger partial charge in [-0.3, -0.25) is 19.4 Å². The fourth-order valence-corrected chi connectivity index (χ4v) is 3.95. The molecule has 2 aromatic carbocycles. The molecule has 4 rings (SSSR count). The first-order valence-corrected chi connectivity index (χ1v) is 9.80. The lowest BCUT2D eigenvalue weighted by Gasteiger charge is -2.37. The molecular formula is C21H25Cl3N4O2. The Bertz CT molecular complexity index is 932. The number of carbonyl (C=O) groups excluding carboxylic acids is 2. The van der Waals surface area contributed by atoms with Crippen molar-refractivity contribution in [2.45, 2.75) is 13.0 Å². The second-order valence-electron chi connectivity index (χ2n) is 7.32. The summed E-state index contributed by atoms with van der Waals surface area (Å²) in [5.74, 6) is -0.307. The molecule has 2 aliphatic heterocycles. The van der Waals surface area contributed by atoms with Gasteiger partial charge in [0.2, 0.25) is 5.91 Å². The first kappa shape index (κ1) is 24.4. The molecule has 2 aromatic rings. The van der Waals surface area contributed by atoms with Gasteiger partial charge in [-0.15, -0.1) is 24.8 Å². The Morgan fingerprint density at radius 2 is 1.70 bits per heavy atom. The van der Waals surface area contributed by atoms with Gasteiger partial charge in [0.05, 0.1) is 28.7 Å². The van der Waals surface area contributed by atoms with Gasteiger partial charge in [-0.25, -0.2) is 0 Å². The molecule has 0 aliphatic carbocycles. The first-order valence-electron chi connectivity index (χ1n) is 9.42. The van der Waals surface area contributed by atoms with Crippen LogP contribution in [0.3, 0.4) is 0 Å².